The summed E-state index contributed by atoms with van der Waals surface area (Å²) < 4.78 is 6.03. The summed E-state index contributed by atoms with van der Waals surface area (Å²) in [5.74, 6) is 1.53. The van der Waals surface area contributed by atoms with Gasteiger partial charge in [-0.1, -0.05) is 47.5 Å². The van der Waals surface area contributed by atoms with Crippen molar-refractivity contribution in [1.82, 2.24) is 9.97 Å². The van der Waals surface area contributed by atoms with Crippen LogP contribution in [0.25, 0.3) is 22.4 Å². The number of rotatable bonds is 4. The number of imidazole rings is 1. The fraction of sp³-hybridized carbons (Fsp3) is 0.0952. The summed E-state index contributed by atoms with van der Waals surface area (Å²) in [6.45, 7) is 2.42. The number of fused-ring (bicyclic) bond motifs is 1. The minimum absolute atomic E-state index is 0.354. The van der Waals surface area contributed by atoms with Crippen LogP contribution in [0.1, 0.15) is 11.1 Å². The number of hydrogen-bond acceptors (Lipinski definition) is 2. The van der Waals surface area contributed by atoms with Gasteiger partial charge in [-0.15, -0.1) is 0 Å². The van der Waals surface area contributed by atoms with E-state index in [9.17, 15) is 0 Å². The second kappa shape index (κ2) is 7.02. The fourth-order valence-electron chi connectivity index (χ4n) is 2.83. The van der Waals surface area contributed by atoms with Crippen LogP contribution in [-0.4, -0.2) is 9.97 Å². The first-order valence-electron chi connectivity index (χ1n) is 8.22. The third kappa shape index (κ3) is 3.41. The lowest BCUT2D eigenvalue weighted by molar-refractivity contribution is 0.307. The van der Waals surface area contributed by atoms with Crippen molar-refractivity contribution >= 4 is 34.2 Å². The highest BCUT2D eigenvalue weighted by atomic mass is 35.5. The zero-order valence-corrected chi connectivity index (χ0v) is 15.6. The van der Waals surface area contributed by atoms with E-state index in [-0.39, 0.29) is 0 Å². The largest absolute Gasteiger partial charge is 0.488 e. The van der Waals surface area contributed by atoms with Crippen molar-refractivity contribution in [3.05, 3.63) is 81.8 Å². The molecule has 0 unspecified atom stereocenters. The summed E-state index contributed by atoms with van der Waals surface area (Å²) in [6, 6.07) is 19.4. The third-order valence-corrected chi connectivity index (χ3v) is 4.76. The molecule has 5 heteroatoms. The molecular formula is C21H16Cl2N2O. The van der Waals surface area contributed by atoms with Crippen molar-refractivity contribution in [3.8, 4) is 17.1 Å². The number of aromatic amines is 1. The fourth-order valence-corrected chi connectivity index (χ4v) is 3.30. The Morgan fingerprint density at radius 2 is 1.85 bits per heavy atom. The van der Waals surface area contributed by atoms with Crippen molar-refractivity contribution < 1.29 is 4.74 Å². The van der Waals surface area contributed by atoms with Crippen molar-refractivity contribution in [2.75, 3.05) is 0 Å². The molecule has 0 bridgehead atoms. The van der Waals surface area contributed by atoms with Crippen LogP contribution in [-0.2, 0) is 6.61 Å². The van der Waals surface area contributed by atoms with E-state index in [0.29, 0.717) is 16.7 Å². The lowest BCUT2D eigenvalue weighted by atomic mass is 10.2. The molecule has 0 radical (unpaired) electrons. The summed E-state index contributed by atoms with van der Waals surface area (Å²) in [4.78, 5) is 8.07. The Morgan fingerprint density at radius 3 is 2.69 bits per heavy atom. The van der Waals surface area contributed by atoms with Crippen LogP contribution in [0.4, 0.5) is 0 Å². The van der Waals surface area contributed by atoms with Gasteiger partial charge in [-0.05, 0) is 48.9 Å². The molecule has 4 aromatic rings. The van der Waals surface area contributed by atoms with E-state index in [1.165, 1.54) is 5.56 Å². The van der Waals surface area contributed by atoms with Crippen LogP contribution >= 0.6 is 23.2 Å². The first kappa shape index (κ1) is 17.0. The molecule has 3 nitrogen and oxygen atoms in total. The number of nitrogens with zero attached hydrogens (tertiary/aromatic N) is 1. The highest BCUT2D eigenvalue weighted by molar-refractivity contribution is 6.35. The van der Waals surface area contributed by atoms with Gasteiger partial charge in [-0.2, -0.15) is 0 Å². The SMILES string of the molecule is Cc1ccc2nc(-c3ccccc3OCc3ccc(Cl)cc3Cl)[nH]c2c1. The van der Waals surface area contributed by atoms with Crippen LogP contribution in [0.15, 0.2) is 60.7 Å². The first-order valence-corrected chi connectivity index (χ1v) is 8.98. The Balaban J connectivity index is 1.65. The van der Waals surface area contributed by atoms with E-state index < -0.39 is 0 Å². The molecule has 1 aromatic heterocycles. The van der Waals surface area contributed by atoms with Gasteiger partial charge in [0.25, 0.3) is 0 Å². The van der Waals surface area contributed by atoms with Gasteiger partial charge >= 0.3 is 0 Å². The standard InChI is InChI=1S/C21H16Cl2N2O/c1-13-6-9-18-19(10-13)25-21(24-18)16-4-2-3-5-20(16)26-12-14-7-8-15(22)11-17(14)23/h2-11H,12H2,1H3,(H,24,25). The molecule has 0 amide bonds. The molecule has 0 aliphatic carbocycles. The quantitative estimate of drug-likeness (QED) is 0.441. The maximum Gasteiger partial charge on any atom is 0.142 e. The molecule has 4 rings (SSSR count). The molecule has 26 heavy (non-hydrogen) atoms. The molecule has 0 saturated carbocycles. The van der Waals surface area contributed by atoms with Crippen molar-refractivity contribution in [1.29, 1.82) is 0 Å². The average Bonchev–Trinajstić information content (AvgIpc) is 3.04. The number of nitrogens with one attached hydrogen (secondary N) is 1. The summed E-state index contributed by atoms with van der Waals surface area (Å²) in [7, 11) is 0. The molecule has 3 aromatic carbocycles. The minimum atomic E-state index is 0.354. The van der Waals surface area contributed by atoms with E-state index in [4.69, 9.17) is 27.9 Å². The monoisotopic (exact) mass is 382 g/mol. The second-order valence-corrected chi connectivity index (χ2v) is 6.97. The number of ether oxygens (including phenoxy) is 1. The molecule has 0 aliphatic heterocycles. The van der Waals surface area contributed by atoms with E-state index >= 15 is 0 Å². The van der Waals surface area contributed by atoms with Gasteiger partial charge in [0.2, 0.25) is 0 Å². The van der Waals surface area contributed by atoms with Gasteiger partial charge in [0.05, 0.1) is 16.6 Å². The van der Waals surface area contributed by atoms with Gasteiger partial charge in [0.1, 0.15) is 18.2 Å². The van der Waals surface area contributed by atoms with E-state index in [1.807, 2.05) is 36.4 Å². The summed E-state index contributed by atoms with van der Waals surface area (Å²) in [5.41, 5.74) is 4.92. The second-order valence-electron chi connectivity index (χ2n) is 6.13. The Labute approximate surface area is 161 Å². The maximum absolute atomic E-state index is 6.24. The number of H-pyrrole nitrogens is 1. The molecule has 0 spiro atoms. The maximum atomic E-state index is 6.24. The smallest absolute Gasteiger partial charge is 0.142 e. The summed E-state index contributed by atoms with van der Waals surface area (Å²) >= 11 is 12.2. The number of benzene rings is 3. The molecule has 1 N–H and O–H groups in total. The van der Waals surface area contributed by atoms with Crippen LogP contribution in [0.2, 0.25) is 10.0 Å². The molecule has 0 saturated heterocycles. The molecular weight excluding hydrogens is 367 g/mol. The zero-order chi connectivity index (χ0) is 18.1. The predicted octanol–water partition coefficient (Wildman–Crippen LogP) is 6.42. The lowest BCUT2D eigenvalue weighted by Gasteiger charge is -2.11. The highest BCUT2D eigenvalue weighted by Gasteiger charge is 2.12. The molecule has 0 fully saturated rings. The number of para-hydroxylation sites is 1. The average molecular weight is 383 g/mol. The normalized spacial score (nSPS) is 11.0. The van der Waals surface area contributed by atoms with Crippen LogP contribution in [0.5, 0.6) is 5.75 Å². The van der Waals surface area contributed by atoms with Gasteiger partial charge in [0, 0.05) is 15.6 Å². The van der Waals surface area contributed by atoms with Crippen LogP contribution < -0.4 is 4.74 Å². The Hall–Kier alpha value is -2.49. The van der Waals surface area contributed by atoms with E-state index in [0.717, 1.165) is 33.7 Å². The van der Waals surface area contributed by atoms with E-state index in [1.54, 1.807) is 12.1 Å². The minimum Gasteiger partial charge on any atom is -0.488 e. The predicted molar refractivity (Wildman–Crippen MR) is 107 cm³/mol. The van der Waals surface area contributed by atoms with E-state index in [2.05, 4.69) is 29.0 Å². The number of aryl methyl sites for hydroxylation is 1. The van der Waals surface area contributed by atoms with Gasteiger partial charge in [-0.25, -0.2) is 4.98 Å². The van der Waals surface area contributed by atoms with Crippen molar-refractivity contribution in [2.24, 2.45) is 0 Å². The van der Waals surface area contributed by atoms with Gasteiger partial charge in [0.15, 0.2) is 0 Å². The Kier molecular flexibility index (Phi) is 4.58. The topological polar surface area (TPSA) is 37.9 Å². The van der Waals surface area contributed by atoms with Crippen LogP contribution in [0.3, 0.4) is 0 Å². The molecule has 1 heterocycles. The lowest BCUT2D eigenvalue weighted by Crippen LogP contribution is -1.98. The van der Waals surface area contributed by atoms with Crippen molar-refractivity contribution in [2.45, 2.75) is 13.5 Å². The molecule has 130 valence electrons. The molecule has 0 atom stereocenters. The summed E-state index contributed by atoms with van der Waals surface area (Å²) in [6.07, 6.45) is 0. The molecule has 0 aliphatic rings. The Morgan fingerprint density at radius 1 is 1.00 bits per heavy atom. The van der Waals surface area contributed by atoms with Crippen molar-refractivity contribution in [3.63, 3.8) is 0 Å². The Bertz CT molecular complexity index is 1090. The van der Waals surface area contributed by atoms with Gasteiger partial charge < -0.3 is 9.72 Å². The number of aromatic nitrogens is 2. The first-order chi connectivity index (χ1) is 12.6. The van der Waals surface area contributed by atoms with Crippen LogP contribution in [0, 0.1) is 6.92 Å². The highest BCUT2D eigenvalue weighted by Crippen LogP contribution is 2.31. The summed E-state index contributed by atoms with van der Waals surface area (Å²) in [5, 5.41) is 1.20. The third-order valence-electron chi connectivity index (χ3n) is 4.18. The zero-order valence-electron chi connectivity index (χ0n) is 14.1. The van der Waals surface area contributed by atoms with Gasteiger partial charge in [-0.3, -0.25) is 0 Å². The number of halogens is 2. The number of hydrogen-bond donors (Lipinski definition) is 1.